The number of nitrogens with one attached hydrogen (secondary N) is 6. The van der Waals surface area contributed by atoms with Crippen LogP contribution in [-0.4, -0.2) is 85.9 Å². The lowest BCUT2D eigenvalue weighted by molar-refractivity contribution is 0.328. The molecular formula is C28H26Cl2N10O12S4. The lowest BCUT2D eigenvalue weighted by Crippen LogP contribution is -2.49. The summed E-state index contributed by atoms with van der Waals surface area (Å²) in [5, 5.41) is 4.74. The molecule has 0 fully saturated rings. The topological polar surface area (TPSA) is 321 Å². The molecule has 0 saturated heterocycles. The van der Waals surface area contributed by atoms with E-state index in [4.69, 9.17) is 23.6 Å². The first kappa shape index (κ1) is 40.8. The Hall–Kier alpha value is -4.84. The molecule has 10 N–H and O–H groups in total. The van der Waals surface area contributed by atoms with Gasteiger partial charge in [0.05, 0.1) is 24.5 Å². The second-order valence-corrected chi connectivity index (χ2v) is 17.6. The summed E-state index contributed by atoms with van der Waals surface area (Å²) in [4.78, 5) is 6.14. The van der Waals surface area contributed by atoms with Gasteiger partial charge < -0.3 is 10.6 Å². The highest BCUT2D eigenvalue weighted by Crippen LogP contribution is 2.36. The van der Waals surface area contributed by atoms with E-state index in [9.17, 15) is 51.9 Å². The number of anilines is 2. The number of fused-ring (bicyclic) bond motifs is 2. The van der Waals surface area contributed by atoms with Crippen LogP contribution in [0.5, 0.6) is 0 Å². The van der Waals surface area contributed by atoms with Crippen molar-refractivity contribution in [1.29, 1.82) is 0 Å². The van der Waals surface area contributed by atoms with Gasteiger partial charge in [0.2, 0.25) is 0 Å². The number of benzene rings is 4. The van der Waals surface area contributed by atoms with E-state index in [-0.39, 0.29) is 69.3 Å². The number of rotatable bonds is 11. The molecule has 22 nitrogen and oxygen atoms in total. The molecule has 0 atom stereocenters. The summed E-state index contributed by atoms with van der Waals surface area (Å²) >= 11 is 12.2. The number of halogens is 2. The Morgan fingerprint density at radius 1 is 0.518 bits per heavy atom. The molecule has 0 aromatic heterocycles. The molecule has 2 heterocycles. The third-order valence-electron chi connectivity index (χ3n) is 7.64. The molecule has 0 amide bonds. The van der Waals surface area contributed by atoms with Crippen molar-refractivity contribution in [2.24, 2.45) is 9.98 Å². The van der Waals surface area contributed by atoms with Gasteiger partial charge in [0.25, 0.3) is 40.5 Å². The molecule has 56 heavy (non-hydrogen) atoms. The van der Waals surface area contributed by atoms with Crippen LogP contribution < -0.4 is 32.3 Å². The molecule has 0 radical (unpaired) electrons. The number of aliphatic imine (C=N–C) groups is 2. The Labute approximate surface area is 327 Å². The Morgan fingerprint density at radius 3 is 1.23 bits per heavy atom. The second-order valence-electron chi connectivity index (χ2n) is 11.4. The monoisotopic (exact) mass is 892 g/mol. The molecule has 0 unspecified atom stereocenters. The zero-order chi connectivity index (χ0) is 40.8. The highest BCUT2D eigenvalue weighted by Gasteiger charge is 2.27. The average Bonchev–Trinajstić information content (AvgIpc) is 3.07. The Balaban J connectivity index is 1.22. The summed E-state index contributed by atoms with van der Waals surface area (Å²) in [5.74, 6) is 0.349. The minimum absolute atomic E-state index is 0.00662. The Bertz CT molecular complexity index is 2680. The predicted octanol–water partition coefficient (Wildman–Crippen LogP) is 1.94. The van der Waals surface area contributed by atoms with Crippen LogP contribution in [0.2, 0.25) is 0 Å². The lowest BCUT2D eigenvalue weighted by Gasteiger charge is -2.27. The van der Waals surface area contributed by atoms with Gasteiger partial charge >= 0.3 is 0 Å². The van der Waals surface area contributed by atoms with E-state index in [1.165, 1.54) is 60.7 Å². The van der Waals surface area contributed by atoms with E-state index in [0.717, 1.165) is 21.4 Å². The van der Waals surface area contributed by atoms with Crippen molar-refractivity contribution >= 4 is 109 Å². The molecule has 0 spiro atoms. The second kappa shape index (κ2) is 15.2. The van der Waals surface area contributed by atoms with Crippen molar-refractivity contribution in [3.63, 3.8) is 0 Å². The number of hydrazine groups is 4. The van der Waals surface area contributed by atoms with Gasteiger partial charge in [-0.15, -0.1) is 0 Å². The van der Waals surface area contributed by atoms with Crippen molar-refractivity contribution in [2.45, 2.75) is 19.6 Å². The number of hydrogen-bond donors (Lipinski definition) is 10. The molecule has 0 bridgehead atoms. The Morgan fingerprint density at radius 2 is 0.893 bits per heavy atom. The molecule has 2 aliphatic rings. The minimum atomic E-state index is -4.98. The van der Waals surface area contributed by atoms with Crippen LogP contribution in [0, 0.1) is 0 Å². The SMILES string of the molecule is O=S(=O)(O)c1cccc2c(S(=O)(=O)O)c(NC3=CC(=NCCN=C4C=C(Nc5ccc6c(S(=O)(=O)O)cccc6c5S(=O)(=O)O)NN(Cl)N4)NN(Cl)N3)ccc12. The summed E-state index contributed by atoms with van der Waals surface area (Å²) < 4.78 is 138. The number of hydrogen-bond acceptors (Lipinski definition) is 16. The molecule has 6 rings (SSSR count). The van der Waals surface area contributed by atoms with Crippen molar-refractivity contribution < 1.29 is 51.9 Å². The van der Waals surface area contributed by atoms with Crippen LogP contribution in [0.25, 0.3) is 21.5 Å². The van der Waals surface area contributed by atoms with Crippen molar-refractivity contribution in [1.82, 2.24) is 31.0 Å². The highest BCUT2D eigenvalue weighted by atomic mass is 35.5. The Kier molecular flexibility index (Phi) is 11.1. The molecule has 28 heteroatoms. The first-order valence-corrected chi connectivity index (χ1v) is 21.6. The quantitative estimate of drug-likeness (QED) is 0.0584. The largest absolute Gasteiger partial charge is 0.340 e. The minimum Gasteiger partial charge on any atom is -0.340 e. The van der Waals surface area contributed by atoms with Gasteiger partial charge in [-0.2, -0.15) is 33.7 Å². The summed E-state index contributed by atoms with van der Waals surface area (Å²) in [5.41, 5.74) is 10.2. The van der Waals surface area contributed by atoms with Gasteiger partial charge in [-0.25, -0.2) is 0 Å². The maximum absolute atomic E-state index is 12.5. The highest BCUT2D eigenvalue weighted by molar-refractivity contribution is 7.87. The first-order valence-electron chi connectivity index (χ1n) is 15.2. The maximum Gasteiger partial charge on any atom is 0.297 e. The van der Waals surface area contributed by atoms with Crippen LogP contribution in [0.15, 0.2) is 114 Å². The van der Waals surface area contributed by atoms with E-state index in [0.29, 0.717) is 0 Å². The average molecular weight is 894 g/mol. The van der Waals surface area contributed by atoms with Crippen LogP contribution in [0.3, 0.4) is 0 Å². The van der Waals surface area contributed by atoms with E-state index >= 15 is 0 Å². The van der Waals surface area contributed by atoms with Crippen LogP contribution >= 0.6 is 23.6 Å². The molecule has 0 aliphatic carbocycles. The maximum atomic E-state index is 12.5. The van der Waals surface area contributed by atoms with E-state index < -0.39 is 60.1 Å². The molecule has 2 aliphatic heterocycles. The van der Waals surface area contributed by atoms with Crippen molar-refractivity contribution in [3.8, 4) is 0 Å². The van der Waals surface area contributed by atoms with Gasteiger partial charge in [-0.1, -0.05) is 36.4 Å². The van der Waals surface area contributed by atoms with Gasteiger partial charge in [0, 0.05) is 57.3 Å². The zero-order valence-corrected chi connectivity index (χ0v) is 32.4. The number of nitrogens with zero attached hydrogens (tertiary/aromatic N) is 4. The summed E-state index contributed by atoms with van der Waals surface area (Å²) in [6, 6.07) is 11.8. The van der Waals surface area contributed by atoms with E-state index in [1.807, 2.05) is 0 Å². The normalized spacial score (nSPS) is 17.5. The fourth-order valence-corrected chi connectivity index (χ4v) is 9.07. The molecule has 4 aromatic rings. The van der Waals surface area contributed by atoms with E-state index in [2.05, 4.69) is 42.3 Å². The summed E-state index contributed by atoms with van der Waals surface area (Å²) in [6.07, 6.45) is 2.75. The van der Waals surface area contributed by atoms with Gasteiger partial charge in [-0.05, 0) is 33.5 Å². The van der Waals surface area contributed by atoms with Crippen molar-refractivity contribution in [2.75, 3.05) is 23.7 Å². The smallest absolute Gasteiger partial charge is 0.297 e. The van der Waals surface area contributed by atoms with Crippen LogP contribution in [0.4, 0.5) is 11.4 Å². The van der Waals surface area contributed by atoms with Crippen LogP contribution in [-0.2, 0) is 40.5 Å². The summed E-state index contributed by atoms with van der Waals surface area (Å²) in [7, 11) is -19.5. The molecule has 0 saturated carbocycles. The fraction of sp³-hybridized carbons (Fsp3) is 0.0714. The molecular weight excluding hydrogens is 868 g/mol. The summed E-state index contributed by atoms with van der Waals surface area (Å²) in [6.45, 7) is 0.0132. The van der Waals surface area contributed by atoms with Gasteiger partial charge in [0.1, 0.15) is 42.9 Å². The first-order chi connectivity index (χ1) is 26.1. The standard InChI is InChI=1S/C28H26Cl2N10O12S4/c29-39-35-23(13-25(37-39)33-19-9-7-15-17(27(19)55(47,48)49)3-1-5-21(15)53(41,42)43)31-11-12-32-24-14-26(38-40(30)36-24)34-20-10-8-16-18(28(20)56(50,51)52)4-2-6-22(16)54(44,45)46/h1-10,13-14,33-34,37-38H,11-12H2,(H,31,35)(H,32,36)(H,41,42,43)(H,44,45,46)(H,47,48,49)(H,50,51,52). The fourth-order valence-electron chi connectivity index (χ4n) is 5.60. The van der Waals surface area contributed by atoms with Gasteiger partial charge in [0.15, 0.2) is 0 Å². The van der Waals surface area contributed by atoms with E-state index in [1.54, 1.807) is 0 Å². The predicted molar refractivity (Wildman–Crippen MR) is 203 cm³/mol. The lowest BCUT2D eigenvalue weighted by atomic mass is 10.1. The van der Waals surface area contributed by atoms with Crippen molar-refractivity contribution in [3.05, 3.63) is 84.5 Å². The molecule has 298 valence electrons. The third-order valence-corrected chi connectivity index (χ3v) is 11.7. The van der Waals surface area contributed by atoms with Gasteiger partial charge in [-0.3, -0.25) is 49.9 Å². The molecule has 4 aromatic carbocycles. The third kappa shape index (κ3) is 9.06. The number of amidine groups is 2. The zero-order valence-electron chi connectivity index (χ0n) is 27.6. The van der Waals surface area contributed by atoms with Crippen LogP contribution in [0.1, 0.15) is 0 Å².